The van der Waals surface area contributed by atoms with Crippen molar-refractivity contribution in [2.45, 2.75) is 57.8 Å². The average molecular weight is 358 g/mol. The van der Waals surface area contributed by atoms with Gasteiger partial charge in [0, 0.05) is 32.6 Å². The molecule has 0 bridgehead atoms. The number of halogens is 1. The molecule has 0 aromatic rings. The van der Waals surface area contributed by atoms with E-state index in [1.165, 1.54) is 19.3 Å². The number of likely N-dealkylation sites (tertiary alicyclic amines) is 1. The largest absolute Gasteiger partial charge is 0.355 e. The fourth-order valence-electron chi connectivity index (χ4n) is 4.63. The molecule has 2 aliphatic heterocycles. The lowest BCUT2D eigenvalue weighted by Crippen LogP contribution is -2.48. The van der Waals surface area contributed by atoms with Crippen molar-refractivity contribution >= 4 is 24.2 Å². The van der Waals surface area contributed by atoms with Gasteiger partial charge in [-0.1, -0.05) is 25.7 Å². The van der Waals surface area contributed by atoms with Crippen molar-refractivity contribution in [3.63, 3.8) is 0 Å². The SMILES string of the molecule is Cl.O=C(CCNC(=O)[C@@]12CCCC[C@H]1CNC2)N1CCCCCC1. The van der Waals surface area contributed by atoms with Gasteiger partial charge in [0.2, 0.25) is 11.8 Å². The lowest BCUT2D eigenvalue weighted by atomic mass is 9.67. The number of hydrogen-bond acceptors (Lipinski definition) is 3. The molecule has 0 unspecified atom stereocenters. The first-order valence-electron chi connectivity index (χ1n) is 9.49. The second kappa shape index (κ2) is 9.04. The van der Waals surface area contributed by atoms with E-state index in [1.807, 2.05) is 4.90 Å². The quantitative estimate of drug-likeness (QED) is 0.810. The maximum Gasteiger partial charge on any atom is 0.227 e. The predicted octanol–water partition coefficient (Wildman–Crippen LogP) is 2.10. The molecule has 6 heteroatoms. The molecule has 2 heterocycles. The second-order valence-electron chi connectivity index (χ2n) is 7.53. The minimum atomic E-state index is -0.204. The van der Waals surface area contributed by atoms with E-state index in [9.17, 15) is 9.59 Å². The Morgan fingerprint density at radius 3 is 2.58 bits per heavy atom. The van der Waals surface area contributed by atoms with Crippen LogP contribution in [0.2, 0.25) is 0 Å². The van der Waals surface area contributed by atoms with E-state index in [-0.39, 0.29) is 29.6 Å². The van der Waals surface area contributed by atoms with E-state index in [0.717, 1.165) is 58.3 Å². The molecule has 0 spiro atoms. The van der Waals surface area contributed by atoms with Gasteiger partial charge in [-0.05, 0) is 38.1 Å². The van der Waals surface area contributed by atoms with Gasteiger partial charge < -0.3 is 15.5 Å². The van der Waals surface area contributed by atoms with Crippen LogP contribution in [-0.4, -0.2) is 49.4 Å². The van der Waals surface area contributed by atoms with Crippen LogP contribution in [0.15, 0.2) is 0 Å². The summed E-state index contributed by atoms with van der Waals surface area (Å²) in [6, 6.07) is 0. The summed E-state index contributed by atoms with van der Waals surface area (Å²) in [4.78, 5) is 27.0. The van der Waals surface area contributed by atoms with E-state index in [4.69, 9.17) is 0 Å². The van der Waals surface area contributed by atoms with Gasteiger partial charge in [-0.3, -0.25) is 9.59 Å². The lowest BCUT2D eigenvalue weighted by molar-refractivity contribution is -0.134. The van der Waals surface area contributed by atoms with Crippen LogP contribution >= 0.6 is 12.4 Å². The molecule has 2 amide bonds. The highest BCUT2D eigenvalue weighted by atomic mass is 35.5. The minimum absolute atomic E-state index is 0. The molecular weight excluding hydrogens is 326 g/mol. The van der Waals surface area contributed by atoms with Gasteiger partial charge in [0.1, 0.15) is 0 Å². The van der Waals surface area contributed by atoms with Gasteiger partial charge in [0.25, 0.3) is 0 Å². The molecule has 2 atom stereocenters. The summed E-state index contributed by atoms with van der Waals surface area (Å²) in [6.07, 6.45) is 9.70. The summed E-state index contributed by atoms with van der Waals surface area (Å²) >= 11 is 0. The van der Waals surface area contributed by atoms with Crippen LogP contribution in [-0.2, 0) is 9.59 Å². The molecule has 2 N–H and O–H groups in total. The molecule has 3 rings (SSSR count). The number of carbonyl (C=O) groups is 2. The van der Waals surface area contributed by atoms with Crippen LogP contribution in [0.5, 0.6) is 0 Å². The Hall–Kier alpha value is -0.810. The topological polar surface area (TPSA) is 61.4 Å². The normalized spacial score (nSPS) is 30.0. The fourth-order valence-corrected chi connectivity index (χ4v) is 4.63. The Balaban J connectivity index is 0.00000208. The Morgan fingerprint density at radius 1 is 1.08 bits per heavy atom. The molecule has 1 saturated carbocycles. The van der Waals surface area contributed by atoms with Crippen LogP contribution in [0.4, 0.5) is 0 Å². The van der Waals surface area contributed by atoms with Crippen LogP contribution in [0.25, 0.3) is 0 Å². The number of carbonyl (C=O) groups excluding carboxylic acids is 2. The third kappa shape index (κ3) is 4.23. The summed E-state index contributed by atoms with van der Waals surface area (Å²) in [7, 11) is 0. The number of amides is 2. The Labute approximate surface area is 151 Å². The fraction of sp³-hybridized carbons (Fsp3) is 0.889. The van der Waals surface area contributed by atoms with Crippen molar-refractivity contribution in [3.8, 4) is 0 Å². The van der Waals surface area contributed by atoms with Crippen LogP contribution in [0, 0.1) is 11.3 Å². The molecule has 138 valence electrons. The van der Waals surface area contributed by atoms with E-state index in [2.05, 4.69) is 10.6 Å². The molecule has 3 fully saturated rings. The van der Waals surface area contributed by atoms with Crippen molar-refractivity contribution in [1.29, 1.82) is 0 Å². The van der Waals surface area contributed by atoms with Gasteiger partial charge >= 0.3 is 0 Å². The van der Waals surface area contributed by atoms with E-state index in [1.54, 1.807) is 0 Å². The highest BCUT2D eigenvalue weighted by molar-refractivity contribution is 5.85. The summed E-state index contributed by atoms with van der Waals surface area (Å²) in [5.74, 6) is 0.864. The molecule has 0 aromatic carbocycles. The average Bonchev–Trinajstić information content (AvgIpc) is 2.82. The zero-order valence-corrected chi connectivity index (χ0v) is 15.5. The number of fused-ring (bicyclic) bond motifs is 1. The maximum atomic E-state index is 12.7. The minimum Gasteiger partial charge on any atom is -0.355 e. The highest BCUT2D eigenvalue weighted by Gasteiger charge is 2.49. The van der Waals surface area contributed by atoms with Gasteiger partial charge in [-0.15, -0.1) is 12.4 Å². The number of rotatable bonds is 4. The summed E-state index contributed by atoms with van der Waals surface area (Å²) in [5.41, 5.74) is -0.204. The Kier molecular flexibility index (Phi) is 7.35. The van der Waals surface area contributed by atoms with E-state index in [0.29, 0.717) is 18.9 Å². The van der Waals surface area contributed by atoms with Gasteiger partial charge in [-0.25, -0.2) is 0 Å². The zero-order valence-electron chi connectivity index (χ0n) is 14.6. The number of hydrogen-bond donors (Lipinski definition) is 2. The monoisotopic (exact) mass is 357 g/mol. The first-order valence-corrected chi connectivity index (χ1v) is 9.49. The molecule has 1 aliphatic carbocycles. The van der Waals surface area contributed by atoms with E-state index < -0.39 is 0 Å². The molecule has 24 heavy (non-hydrogen) atoms. The van der Waals surface area contributed by atoms with Crippen molar-refractivity contribution < 1.29 is 9.59 Å². The van der Waals surface area contributed by atoms with Crippen molar-refractivity contribution in [2.24, 2.45) is 11.3 Å². The molecule has 3 aliphatic rings. The first-order chi connectivity index (χ1) is 11.2. The third-order valence-electron chi connectivity index (χ3n) is 6.07. The van der Waals surface area contributed by atoms with Crippen LogP contribution < -0.4 is 10.6 Å². The standard InChI is InChI=1S/C18H31N3O2.ClH/c22-16(21-11-5-1-2-6-12-21)8-10-20-17(23)18-9-4-3-7-15(18)13-19-14-18;/h15,19H,1-14H2,(H,20,23);1H/t15-,18+;/m0./s1. The lowest BCUT2D eigenvalue weighted by Gasteiger charge is -2.37. The zero-order chi connectivity index (χ0) is 16.1. The number of nitrogens with one attached hydrogen (secondary N) is 2. The molecule has 0 radical (unpaired) electrons. The van der Waals surface area contributed by atoms with Crippen molar-refractivity contribution in [1.82, 2.24) is 15.5 Å². The van der Waals surface area contributed by atoms with Crippen molar-refractivity contribution in [2.75, 3.05) is 32.7 Å². The second-order valence-corrected chi connectivity index (χ2v) is 7.53. The third-order valence-corrected chi connectivity index (χ3v) is 6.07. The first kappa shape index (κ1) is 19.5. The van der Waals surface area contributed by atoms with Gasteiger partial charge in [0.15, 0.2) is 0 Å². The molecule has 5 nitrogen and oxygen atoms in total. The summed E-state index contributed by atoms with van der Waals surface area (Å²) < 4.78 is 0. The number of nitrogens with zero attached hydrogens (tertiary/aromatic N) is 1. The molecule has 0 aromatic heterocycles. The Bertz CT molecular complexity index is 438. The molecular formula is C18H32ClN3O2. The van der Waals surface area contributed by atoms with Crippen molar-refractivity contribution in [3.05, 3.63) is 0 Å². The smallest absolute Gasteiger partial charge is 0.227 e. The van der Waals surface area contributed by atoms with Gasteiger partial charge in [-0.2, -0.15) is 0 Å². The van der Waals surface area contributed by atoms with E-state index >= 15 is 0 Å². The molecule has 2 saturated heterocycles. The predicted molar refractivity (Wildman–Crippen MR) is 97.2 cm³/mol. The van der Waals surface area contributed by atoms with Gasteiger partial charge in [0.05, 0.1) is 5.41 Å². The summed E-state index contributed by atoms with van der Waals surface area (Å²) in [5, 5.41) is 6.48. The highest BCUT2D eigenvalue weighted by Crippen LogP contribution is 2.43. The van der Waals surface area contributed by atoms with Crippen LogP contribution in [0.1, 0.15) is 57.8 Å². The summed E-state index contributed by atoms with van der Waals surface area (Å²) in [6.45, 7) is 4.05. The van der Waals surface area contributed by atoms with Crippen LogP contribution in [0.3, 0.4) is 0 Å². The maximum absolute atomic E-state index is 12.7. The Morgan fingerprint density at radius 2 is 1.83 bits per heavy atom.